The average Bonchev–Trinajstić information content (AvgIpc) is 3.25. The molecular formula is C22H24N2O6. The lowest BCUT2D eigenvalue weighted by molar-refractivity contribution is -0.116. The molecule has 0 radical (unpaired) electrons. The molecule has 1 amide bonds. The van der Waals surface area contributed by atoms with Crippen LogP contribution in [0.3, 0.4) is 0 Å². The molecule has 1 N–H and O–H groups in total. The van der Waals surface area contributed by atoms with Crippen LogP contribution in [0.2, 0.25) is 0 Å². The Kier molecular flexibility index (Phi) is 6.79. The predicted molar refractivity (Wildman–Crippen MR) is 112 cm³/mol. The highest BCUT2D eigenvalue weighted by molar-refractivity contribution is 5.91. The summed E-state index contributed by atoms with van der Waals surface area (Å²) in [6.45, 7) is 0. The molecule has 3 aromatic rings. The van der Waals surface area contributed by atoms with Gasteiger partial charge in [-0.2, -0.15) is 0 Å². The van der Waals surface area contributed by atoms with Crippen molar-refractivity contribution < 1.29 is 28.2 Å². The van der Waals surface area contributed by atoms with Crippen molar-refractivity contribution >= 4 is 11.6 Å². The Morgan fingerprint density at radius 3 is 2.40 bits per heavy atom. The van der Waals surface area contributed by atoms with Crippen molar-refractivity contribution in [1.29, 1.82) is 0 Å². The van der Waals surface area contributed by atoms with E-state index in [4.69, 9.17) is 23.4 Å². The van der Waals surface area contributed by atoms with E-state index in [1.807, 2.05) is 12.1 Å². The lowest BCUT2D eigenvalue weighted by Crippen LogP contribution is -2.12. The fourth-order valence-corrected chi connectivity index (χ4v) is 2.91. The Balaban J connectivity index is 1.62. The Labute approximate surface area is 174 Å². The van der Waals surface area contributed by atoms with E-state index >= 15 is 0 Å². The largest absolute Gasteiger partial charge is 0.497 e. The number of aryl methyl sites for hydroxylation is 1. The van der Waals surface area contributed by atoms with Gasteiger partial charge in [-0.15, -0.1) is 0 Å². The van der Waals surface area contributed by atoms with Crippen molar-refractivity contribution in [2.24, 2.45) is 0 Å². The molecule has 1 heterocycles. The van der Waals surface area contributed by atoms with Crippen molar-refractivity contribution in [1.82, 2.24) is 4.98 Å². The number of hydrogen-bond donors (Lipinski definition) is 1. The number of carbonyl (C=O) groups is 1. The molecule has 158 valence electrons. The van der Waals surface area contributed by atoms with E-state index in [1.54, 1.807) is 58.9 Å². The molecule has 3 rings (SSSR count). The van der Waals surface area contributed by atoms with Crippen LogP contribution in [0.5, 0.6) is 23.0 Å². The number of carbonyl (C=O) groups excluding carboxylic acids is 1. The molecule has 0 saturated carbocycles. The molecule has 0 aliphatic rings. The molecule has 0 aliphatic heterocycles. The van der Waals surface area contributed by atoms with Gasteiger partial charge in [-0.3, -0.25) is 4.79 Å². The van der Waals surface area contributed by atoms with Gasteiger partial charge in [0.05, 0.1) is 40.2 Å². The summed E-state index contributed by atoms with van der Waals surface area (Å²) in [5.41, 5.74) is 1.38. The lowest BCUT2D eigenvalue weighted by Gasteiger charge is -2.10. The quantitative estimate of drug-likeness (QED) is 0.569. The van der Waals surface area contributed by atoms with Gasteiger partial charge in [0.2, 0.25) is 5.91 Å². The molecule has 0 spiro atoms. The number of nitrogens with zero attached hydrogens (tertiary/aromatic N) is 1. The van der Waals surface area contributed by atoms with Gasteiger partial charge in [-0.1, -0.05) is 0 Å². The van der Waals surface area contributed by atoms with E-state index in [0.29, 0.717) is 46.8 Å². The third-order valence-corrected chi connectivity index (χ3v) is 4.46. The maximum absolute atomic E-state index is 12.3. The van der Waals surface area contributed by atoms with Crippen LogP contribution in [0.1, 0.15) is 12.3 Å². The minimum absolute atomic E-state index is 0.163. The number of aromatic nitrogens is 1. The van der Waals surface area contributed by atoms with E-state index in [-0.39, 0.29) is 12.3 Å². The van der Waals surface area contributed by atoms with Crippen LogP contribution in [0.25, 0.3) is 11.3 Å². The number of methoxy groups -OCH3 is 4. The van der Waals surface area contributed by atoms with Crippen LogP contribution >= 0.6 is 0 Å². The molecular weight excluding hydrogens is 388 g/mol. The van der Waals surface area contributed by atoms with Crippen molar-refractivity contribution in [2.75, 3.05) is 33.8 Å². The van der Waals surface area contributed by atoms with Crippen molar-refractivity contribution in [3.63, 3.8) is 0 Å². The molecule has 1 aromatic heterocycles. The van der Waals surface area contributed by atoms with Crippen LogP contribution in [-0.4, -0.2) is 39.3 Å². The Bertz CT molecular complexity index is 1010. The Hall–Kier alpha value is -3.68. The van der Waals surface area contributed by atoms with Crippen molar-refractivity contribution in [3.8, 4) is 34.3 Å². The second-order valence-corrected chi connectivity index (χ2v) is 6.30. The third kappa shape index (κ3) is 4.83. The highest BCUT2D eigenvalue weighted by Crippen LogP contribution is 2.34. The van der Waals surface area contributed by atoms with Gasteiger partial charge in [0.15, 0.2) is 23.1 Å². The molecule has 0 saturated heterocycles. The zero-order chi connectivity index (χ0) is 21.5. The van der Waals surface area contributed by atoms with E-state index in [1.165, 1.54) is 0 Å². The third-order valence-electron chi connectivity index (χ3n) is 4.46. The van der Waals surface area contributed by atoms with Crippen molar-refractivity contribution in [3.05, 3.63) is 48.5 Å². The first-order chi connectivity index (χ1) is 14.6. The summed E-state index contributed by atoms with van der Waals surface area (Å²) in [5, 5.41) is 2.83. The van der Waals surface area contributed by atoms with Crippen LogP contribution in [0, 0.1) is 0 Å². The summed E-state index contributed by atoms with van der Waals surface area (Å²) in [4.78, 5) is 16.6. The minimum Gasteiger partial charge on any atom is -0.497 e. The second kappa shape index (κ2) is 9.69. The monoisotopic (exact) mass is 412 g/mol. The number of ether oxygens (including phenoxy) is 4. The number of amides is 1. The molecule has 0 unspecified atom stereocenters. The van der Waals surface area contributed by atoms with Crippen LogP contribution in [0.4, 0.5) is 5.69 Å². The smallest absolute Gasteiger partial charge is 0.224 e. The van der Waals surface area contributed by atoms with E-state index in [2.05, 4.69) is 10.3 Å². The Morgan fingerprint density at radius 1 is 0.933 bits per heavy atom. The normalized spacial score (nSPS) is 10.4. The molecule has 0 aliphatic carbocycles. The molecule has 30 heavy (non-hydrogen) atoms. The van der Waals surface area contributed by atoms with E-state index in [0.717, 1.165) is 5.56 Å². The molecule has 0 fully saturated rings. The van der Waals surface area contributed by atoms with Gasteiger partial charge in [-0.25, -0.2) is 4.98 Å². The maximum Gasteiger partial charge on any atom is 0.224 e. The summed E-state index contributed by atoms with van der Waals surface area (Å²) in [7, 11) is 6.27. The van der Waals surface area contributed by atoms with Gasteiger partial charge in [0.25, 0.3) is 0 Å². The van der Waals surface area contributed by atoms with Crippen molar-refractivity contribution in [2.45, 2.75) is 12.8 Å². The summed E-state index contributed by atoms with van der Waals surface area (Å²) in [5.74, 6) is 3.29. The van der Waals surface area contributed by atoms with Crippen LogP contribution in [0.15, 0.2) is 47.0 Å². The number of nitrogens with one attached hydrogen (secondary N) is 1. The van der Waals surface area contributed by atoms with Gasteiger partial charge in [0.1, 0.15) is 11.5 Å². The summed E-state index contributed by atoms with van der Waals surface area (Å²) in [6.07, 6.45) is 2.19. The number of oxazole rings is 1. The highest BCUT2D eigenvalue weighted by Gasteiger charge is 2.14. The van der Waals surface area contributed by atoms with E-state index in [9.17, 15) is 4.79 Å². The fraction of sp³-hybridized carbons (Fsp3) is 0.273. The highest BCUT2D eigenvalue weighted by atomic mass is 16.5. The first kappa shape index (κ1) is 21.0. The predicted octanol–water partition coefficient (Wildman–Crippen LogP) is 3.95. The molecule has 8 heteroatoms. The zero-order valence-electron chi connectivity index (χ0n) is 17.4. The van der Waals surface area contributed by atoms with Gasteiger partial charge in [-0.05, 0) is 24.3 Å². The number of anilines is 1. The summed E-state index contributed by atoms with van der Waals surface area (Å²) in [6, 6.07) is 10.6. The van der Waals surface area contributed by atoms with E-state index < -0.39 is 0 Å². The SMILES string of the molecule is COc1ccc(-c2cnc(CCC(=O)Nc3ccc(OC)c(OC)c3)o2)c(OC)c1. The molecule has 8 nitrogen and oxygen atoms in total. The number of rotatable bonds is 9. The molecule has 2 aromatic carbocycles. The van der Waals surface area contributed by atoms with Gasteiger partial charge in [0, 0.05) is 30.7 Å². The van der Waals surface area contributed by atoms with Crippen LogP contribution in [-0.2, 0) is 11.2 Å². The summed E-state index contributed by atoms with van der Waals surface area (Å²) < 4.78 is 26.9. The second-order valence-electron chi connectivity index (χ2n) is 6.30. The first-order valence-electron chi connectivity index (χ1n) is 9.27. The maximum atomic E-state index is 12.3. The lowest BCUT2D eigenvalue weighted by atomic mass is 10.1. The first-order valence-corrected chi connectivity index (χ1v) is 9.27. The fourth-order valence-electron chi connectivity index (χ4n) is 2.91. The summed E-state index contributed by atoms with van der Waals surface area (Å²) >= 11 is 0. The minimum atomic E-state index is -0.163. The standard InChI is InChI=1S/C22H24N2O6/c1-26-15-6-7-16(18(12-15)28-3)20-13-23-22(30-20)10-9-21(25)24-14-5-8-17(27-2)19(11-14)29-4/h5-8,11-13H,9-10H2,1-4H3,(H,24,25). The molecule has 0 atom stereocenters. The van der Waals surface area contributed by atoms with Gasteiger partial charge >= 0.3 is 0 Å². The average molecular weight is 412 g/mol. The number of hydrogen-bond acceptors (Lipinski definition) is 7. The molecule has 0 bridgehead atoms. The Morgan fingerprint density at radius 2 is 1.70 bits per heavy atom. The van der Waals surface area contributed by atoms with Crippen LogP contribution < -0.4 is 24.3 Å². The zero-order valence-corrected chi connectivity index (χ0v) is 17.4. The number of benzene rings is 2. The van der Waals surface area contributed by atoms with Gasteiger partial charge < -0.3 is 28.7 Å². The topological polar surface area (TPSA) is 92.1 Å².